The zero-order valence-electron chi connectivity index (χ0n) is 6.50. The van der Waals surface area contributed by atoms with Gasteiger partial charge < -0.3 is 10.2 Å². The molecular weight excluding hydrogens is 164 g/mol. The van der Waals surface area contributed by atoms with Gasteiger partial charge in [0.15, 0.2) is 0 Å². The van der Waals surface area contributed by atoms with Gasteiger partial charge in [-0.15, -0.1) is 0 Å². The third-order valence-electron chi connectivity index (χ3n) is 1.59. The lowest BCUT2D eigenvalue weighted by Crippen LogP contribution is -2.31. The average Bonchev–Trinajstić information content (AvgIpc) is 2.31. The predicted molar refractivity (Wildman–Crippen MR) is 43.9 cm³/mol. The van der Waals surface area contributed by atoms with Gasteiger partial charge in [-0.1, -0.05) is 0 Å². The van der Waals surface area contributed by atoms with Crippen LogP contribution in [0.15, 0.2) is 0 Å². The number of hydrogen-bond donors (Lipinski definition) is 1. The smallest absolute Gasteiger partial charge is 0.317 e. The van der Waals surface area contributed by atoms with Crippen molar-refractivity contribution >= 4 is 16.8 Å². The summed E-state index contributed by atoms with van der Waals surface area (Å²) < 4.78 is 10.7. The molecular formula is C6H12N2O2S. The summed E-state index contributed by atoms with van der Waals surface area (Å²) in [5, 5.41) is 2.68. The highest BCUT2D eigenvalue weighted by atomic mass is 32.2. The molecule has 0 radical (unpaired) electrons. The molecule has 1 fully saturated rings. The van der Waals surface area contributed by atoms with Crippen molar-refractivity contribution in [3.63, 3.8) is 0 Å². The largest absolute Gasteiger partial charge is 0.336 e. The van der Waals surface area contributed by atoms with E-state index in [1.165, 1.54) is 0 Å². The van der Waals surface area contributed by atoms with Crippen molar-refractivity contribution < 1.29 is 9.00 Å². The van der Waals surface area contributed by atoms with Crippen LogP contribution in [0, 0.1) is 0 Å². The Bertz CT molecular complexity index is 183. The summed E-state index contributed by atoms with van der Waals surface area (Å²) in [5.74, 6) is 0.577. The van der Waals surface area contributed by atoms with E-state index in [0.717, 1.165) is 13.1 Å². The fraction of sp³-hybridized carbons (Fsp3) is 0.833. The first-order valence-electron chi connectivity index (χ1n) is 3.53. The summed E-state index contributed by atoms with van der Waals surface area (Å²) in [6.45, 7) is 2.07. The summed E-state index contributed by atoms with van der Waals surface area (Å²) in [7, 11) is -0.798. The van der Waals surface area contributed by atoms with Gasteiger partial charge in [-0.3, -0.25) is 4.21 Å². The number of nitrogens with one attached hydrogen (secondary N) is 1. The van der Waals surface area contributed by atoms with Gasteiger partial charge in [-0.05, 0) is 0 Å². The number of carbonyl (C=O) groups is 1. The second-order valence-electron chi connectivity index (χ2n) is 2.50. The molecule has 0 saturated carbocycles. The van der Waals surface area contributed by atoms with E-state index in [4.69, 9.17) is 0 Å². The fourth-order valence-corrected chi connectivity index (χ4v) is 1.44. The normalized spacial score (nSPS) is 20.1. The van der Waals surface area contributed by atoms with Crippen molar-refractivity contribution in [2.75, 3.05) is 31.6 Å². The molecule has 0 aromatic heterocycles. The fourth-order valence-electron chi connectivity index (χ4n) is 0.963. The summed E-state index contributed by atoms with van der Waals surface area (Å²) in [4.78, 5) is 12.6. The number of nitrogens with zero attached hydrogens (tertiary/aromatic N) is 1. The molecule has 4 nitrogen and oxygen atoms in total. The van der Waals surface area contributed by atoms with Crippen LogP contribution < -0.4 is 5.32 Å². The maximum absolute atomic E-state index is 10.9. The molecule has 1 aliphatic rings. The molecule has 1 rings (SSSR count). The molecule has 1 unspecified atom stereocenters. The van der Waals surface area contributed by atoms with Crippen LogP contribution in [-0.2, 0) is 10.8 Å². The SMILES string of the molecule is CS(=O)CCN1CCNC1=O. The third-order valence-corrected chi connectivity index (χ3v) is 2.35. The van der Waals surface area contributed by atoms with Gasteiger partial charge in [-0.2, -0.15) is 0 Å². The monoisotopic (exact) mass is 176 g/mol. The molecule has 64 valence electrons. The Morgan fingerprint density at radius 2 is 2.45 bits per heavy atom. The van der Waals surface area contributed by atoms with E-state index in [1.54, 1.807) is 11.2 Å². The lowest BCUT2D eigenvalue weighted by atomic mass is 10.6. The highest BCUT2D eigenvalue weighted by Gasteiger charge is 2.18. The topological polar surface area (TPSA) is 49.4 Å². The molecule has 1 saturated heterocycles. The standard InChI is InChI=1S/C6H12N2O2S/c1-11(10)5-4-8-3-2-7-6(8)9/h2-5H2,1H3,(H,7,9). The van der Waals surface area contributed by atoms with Crippen LogP contribution in [0.25, 0.3) is 0 Å². The number of hydrogen-bond acceptors (Lipinski definition) is 2. The molecule has 11 heavy (non-hydrogen) atoms. The molecule has 0 spiro atoms. The zero-order valence-corrected chi connectivity index (χ0v) is 7.32. The lowest BCUT2D eigenvalue weighted by Gasteiger charge is -2.11. The van der Waals surface area contributed by atoms with Gasteiger partial charge in [-0.25, -0.2) is 4.79 Å². The van der Waals surface area contributed by atoms with Crippen LogP contribution in [0.1, 0.15) is 0 Å². The van der Waals surface area contributed by atoms with Crippen LogP contribution in [0.2, 0.25) is 0 Å². The van der Waals surface area contributed by atoms with E-state index >= 15 is 0 Å². The van der Waals surface area contributed by atoms with Gasteiger partial charge in [0.1, 0.15) is 0 Å². The molecule has 1 heterocycles. The van der Waals surface area contributed by atoms with Crippen molar-refractivity contribution in [2.45, 2.75) is 0 Å². The Balaban J connectivity index is 2.26. The van der Waals surface area contributed by atoms with Crippen molar-refractivity contribution in [1.29, 1.82) is 0 Å². The van der Waals surface area contributed by atoms with E-state index in [9.17, 15) is 9.00 Å². The third kappa shape index (κ3) is 2.49. The van der Waals surface area contributed by atoms with E-state index in [-0.39, 0.29) is 6.03 Å². The molecule has 0 aromatic rings. The maximum atomic E-state index is 10.9. The Kier molecular flexibility index (Phi) is 2.87. The molecule has 1 N–H and O–H groups in total. The molecule has 1 atom stereocenters. The minimum atomic E-state index is -0.798. The minimum absolute atomic E-state index is 0.0320. The average molecular weight is 176 g/mol. The van der Waals surface area contributed by atoms with E-state index in [2.05, 4.69) is 5.32 Å². The van der Waals surface area contributed by atoms with Crippen LogP contribution >= 0.6 is 0 Å². The number of rotatable bonds is 3. The second-order valence-corrected chi connectivity index (χ2v) is 4.05. The van der Waals surface area contributed by atoms with Crippen LogP contribution in [-0.4, -0.2) is 46.8 Å². The van der Waals surface area contributed by atoms with E-state index in [0.29, 0.717) is 12.3 Å². The Morgan fingerprint density at radius 3 is 2.91 bits per heavy atom. The Morgan fingerprint density at radius 1 is 1.73 bits per heavy atom. The van der Waals surface area contributed by atoms with Crippen molar-refractivity contribution in [3.8, 4) is 0 Å². The van der Waals surface area contributed by atoms with Gasteiger partial charge in [0, 0.05) is 42.4 Å². The van der Waals surface area contributed by atoms with Crippen molar-refractivity contribution in [3.05, 3.63) is 0 Å². The first kappa shape index (κ1) is 8.52. The van der Waals surface area contributed by atoms with Crippen molar-refractivity contribution in [1.82, 2.24) is 10.2 Å². The Hall–Kier alpha value is -0.580. The maximum Gasteiger partial charge on any atom is 0.317 e. The first-order valence-corrected chi connectivity index (χ1v) is 5.25. The van der Waals surface area contributed by atoms with Gasteiger partial charge in [0.25, 0.3) is 0 Å². The summed E-state index contributed by atoms with van der Waals surface area (Å²) in [6, 6.07) is -0.0320. The van der Waals surface area contributed by atoms with Gasteiger partial charge in [0.2, 0.25) is 0 Å². The molecule has 5 heteroatoms. The number of carbonyl (C=O) groups excluding carboxylic acids is 1. The highest BCUT2D eigenvalue weighted by molar-refractivity contribution is 7.84. The molecule has 2 amide bonds. The predicted octanol–water partition coefficient (Wildman–Crippen LogP) is -0.610. The Labute approximate surface area is 68.4 Å². The van der Waals surface area contributed by atoms with Gasteiger partial charge >= 0.3 is 6.03 Å². The zero-order chi connectivity index (χ0) is 8.27. The van der Waals surface area contributed by atoms with Crippen LogP contribution in [0.3, 0.4) is 0 Å². The summed E-state index contributed by atoms with van der Waals surface area (Å²) >= 11 is 0. The summed E-state index contributed by atoms with van der Waals surface area (Å²) in [6.07, 6.45) is 1.65. The number of urea groups is 1. The second kappa shape index (κ2) is 3.71. The van der Waals surface area contributed by atoms with Crippen LogP contribution in [0.4, 0.5) is 4.79 Å². The molecule has 0 bridgehead atoms. The molecule has 0 aromatic carbocycles. The molecule has 1 aliphatic heterocycles. The highest BCUT2D eigenvalue weighted by Crippen LogP contribution is 1.95. The lowest BCUT2D eigenvalue weighted by molar-refractivity contribution is 0.220. The van der Waals surface area contributed by atoms with E-state index in [1.807, 2.05) is 0 Å². The van der Waals surface area contributed by atoms with Crippen molar-refractivity contribution in [2.24, 2.45) is 0 Å². The van der Waals surface area contributed by atoms with E-state index < -0.39 is 10.8 Å². The number of amides is 2. The van der Waals surface area contributed by atoms with Crippen LogP contribution in [0.5, 0.6) is 0 Å². The first-order chi connectivity index (χ1) is 5.20. The molecule has 0 aliphatic carbocycles. The summed E-state index contributed by atoms with van der Waals surface area (Å²) in [5.41, 5.74) is 0. The minimum Gasteiger partial charge on any atom is -0.336 e. The van der Waals surface area contributed by atoms with Gasteiger partial charge in [0.05, 0.1) is 0 Å². The quantitative estimate of drug-likeness (QED) is 0.623.